The van der Waals surface area contributed by atoms with E-state index in [0.29, 0.717) is 11.7 Å². The van der Waals surface area contributed by atoms with Crippen molar-refractivity contribution in [3.8, 4) is 5.75 Å². The first-order valence-corrected chi connectivity index (χ1v) is 6.50. The van der Waals surface area contributed by atoms with E-state index >= 15 is 0 Å². The molecule has 0 saturated carbocycles. The van der Waals surface area contributed by atoms with E-state index in [2.05, 4.69) is 5.32 Å². The summed E-state index contributed by atoms with van der Waals surface area (Å²) >= 11 is 0. The number of rotatable bonds is 5. The van der Waals surface area contributed by atoms with Crippen LogP contribution in [-0.4, -0.2) is 44.1 Å². The number of ether oxygens (including phenoxy) is 1. The second-order valence-corrected chi connectivity index (χ2v) is 4.79. The first-order valence-electron chi connectivity index (χ1n) is 6.50. The Balaban J connectivity index is 1.77. The Labute approximate surface area is 112 Å². The fourth-order valence-corrected chi connectivity index (χ4v) is 2.28. The molecule has 5 heteroatoms. The molecule has 1 atom stereocenters. The van der Waals surface area contributed by atoms with Gasteiger partial charge in [0.2, 0.25) is 0 Å². The Hall–Kier alpha value is -1.62. The fourth-order valence-electron chi connectivity index (χ4n) is 2.28. The number of likely N-dealkylation sites (tertiary alicyclic amines) is 1. The summed E-state index contributed by atoms with van der Waals surface area (Å²) in [4.78, 5) is 13.8. The summed E-state index contributed by atoms with van der Waals surface area (Å²) < 4.78 is 18.1. The molecule has 4 nitrogen and oxygen atoms in total. The predicted molar refractivity (Wildman–Crippen MR) is 70.5 cm³/mol. The second-order valence-electron chi connectivity index (χ2n) is 4.79. The number of carbonyl (C=O) groups excluding carboxylic acids is 1. The molecule has 0 aliphatic carbocycles. The standard InChI is InChI=1S/C14H19FN2O2/c1-16-8-11-6-7-17(9-11)14(18)10-19-13-4-2-12(15)3-5-13/h2-5,11,16H,6-10H2,1H3. The molecule has 1 aliphatic rings. The lowest BCUT2D eigenvalue weighted by atomic mass is 10.1. The third-order valence-electron chi connectivity index (χ3n) is 3.31. The van der Waals surface area contributed by atoms with Crippen molar-refractivity contribution < 1.29 is 13.9 Å². The monoisotopic (exact) mass is 266 g/mol. The number of hydrogen-bond donors (Lipinski definition) is 1. The Bertz CT molecular complexity index is 422. The highest BCUT2D eigenvalue weighted by molar-refractivity contribution is 5.78. The lowest BCUT2D eigenvalue weighted by Crippen LogP contribution is -2.34. The Kier molecular flexibility index (Phi) is 4.74. The van der Waals surface area contributed by atoms with E-state index in [-0.39, 0.29) is 18.3 Å². The molecule has 1 saturated heterocycles. The molecule has 1 aromatic carbocycles. The molecule has 0 spiro atoms. The summed E-state index contributed by atoms with van der Waals surface area (Å²) in [6.45, 7) is 2.52. The van der Waals surface area contributed by atoms with E-state index < -0.39 is 0 Å². The summed E-state index contributed by atoms with van der Waals surface area (Å²) in [5.41, 5.74) is 0. The van der Waals surface area contributed by atoms with Gasteiger partial charge in [-0.1, -0.05) is 0 Å². The van der Waals surface area contributed by atoms with Crippen LogP contribution in [-0.2, 0) is 4.79 Å². The number of nitrogens with zero attached hydrogens (tertiary/aromatic N) is 1. The molecule has 2 rings (SSSR count). The van der Waals surface area contributed by atoms with Crippen molar-refractivity contribution in [1.82, 2.24) is 10.2 Å². The van der Waals surface area contributed by atoms with Crippen molar-refractivity contribution in [2.45, 2.75) is 6.42 Å². The molecule has 1 N–H and O–H groups in total. The summed E-state index contributed by atoms with van der Waals surface area (Å²) in [5.74, 6) is 0.719. The van der Waals surface area contributed by atoms with E-state index in [4.69, 9.17) is 4.74 Å². The Morgan fingerprint density at radius 1 is 1.47 bits per heavy atom. The number of hydrogen-bond acceptors (Lipinski definition) is 3. The van der Waals surface area contributed by atoms with Crippen molar-refractivity contribution in [2.24, 2.45) is 5.92 Å². The van der Waals surface area contributed by atoms with Gasteiger partial charge < -0.3 is 15.0 Å². The topological polar surface area (TPSA) is 41.6 Å². The van der Waals surface area contributed by atoms with E-state index in [9.17, 15) is 9.18 Å². The van der Waals surface area contributed by atoms with Gasteiger partial charge in [-0.25, -0.2) is 4.39 Å². The molecule has 1 aromatic rings. The molecule has 0 aromatic heterocycles. The fraction of sp³-hybridized carbons (Fsp3) is 0.500. The van der Waals surface area contributed by atoms with Gasteiger partial charge in [-0.15, -0.1) is 0 Å². The zero-order valence-electron chi connectivity index (χ0n) is 11.1. The highest BCUT2D eigenvalue weighted by Gasteiger charge is 2.25. The van der Waals surface area contributed by atoms with Crippen LogP contribution in [0.2, 0.25) is 0 Å². The van der Waals surface area contributed by atoms with E-state index in [1.165, 1.54) is 24.3 Å². The van der Waals surface area contributed by atoms with Crippen LogP contribution in [0.15, 0.2) is 24.3 Å². The third-order valence-corrected chi connectivity index (χ3v) is 3.31. The molecule has 1 heterocycles. The molecule has 0 radical (unpaired) electrons. The highest BCUT2D eigenvalue weighted by Crippen LogP contribution is 2.16. The maximum Gasteiger partial charge on any atom is 0.260 e. The van der Waals surface area contributed by atoms with Gasteiger partial charge >= 0.3 is 0 Å². The number of nitrogens with one attached hydrogen (secondary N) is 1. The van der Waals surface area contributed by atoms with Gasteiger partial charge in [0.05, 0.1) is 0 Å². The first kappa shape index (κ1) is 13.8. The van der Waals surface area contributed by atoms with Crippen LogP contribution in [0.1, 0.15) is 6.42 Å². The van der Waals surface area contributed by atoms with Crippen LogP contribution < -0.4 is 10.1 Å². The zero-order chi connectivity index (χ0) is 13.7. The lowest BCUT2D eigenvalue weighted by molar-refractivity contribution is -0.132. The maximum atomic E-state index is 12.7. The Morgan fingerprint density at radius 2 is 2.21 bits per heavy atom. The van der Waals surface area contributed by atoms with Crippen LogP contribution in [0.4, 0.5) is 4.39 Å². The van der Waals surface area contributed by atoms with Crippen LogP contribution in [0.25, 0.3) is 0 Å². The smallest absolute Gasteiger partial charge is 0.260 e. The van der Waals surface area contributed by atoms with Crippen LogP contribution in [0.3, 0.4) is 0 Å². The molecule has 104 valence electrons. The molecular weight excluding hydrogens is 247 g/mol. The molecule has 1 unspecified atom stereocenters. The zero-order valence-corrected chi connectivity index (χ0v) is 11.1. The molecule has 1 fully saturated rings. The molecule has 19 heavy (non-hydrogen) atoms. The van der Waals surface area contributed by atoms with Gasteiger partial charge in [0.25, 0.3) is 5.91 Å². The number of halogens is 1. The van der Waals surface area contributed by atoms with E-state index in [0.717, 1.165) is 26.1 Å². The van der Waals surface area contributed by atoms with Gasteiger partial charge in [-0.05, 0) is 50.2 Å². The van der Waals surface area contributed by atoms with Crippen LogP contribution in [0.5, 0.6) is 5.75 Å². The summed E-state index contributed by atoms with van der Waals surface area (Å²) in [7, 11) is 1.92. The van der Waals surface area contributed by atoms with Crippen LogP contribution in [0, 0.1) is 11.7 Å². The van der Waals surface area contributed by atoms with Gasteiger partial charge in [-0.2, -0.15) is 0 Å². The van der Waals surface area contributed by atoms with Crippen molar-refractivity contribution in [3.63, 3.8) is 0 Å². The lowest BCUT2D eigenvalue weighted by Gasteiger charge is -2.16. The summed E-state index contributed by atoms with van der Waals surface area (Å²) in [6, 6.07) is 5.68. The maximum absolute atomic E-state index is 12.7. The minimum absolute atomic E-state index is 0.0112. The average molecular weight is 266 g/mol. The molecule has 1 aliphatic heterocycles. The number of carbonyl (C=O) groups is 1. The van der Waals surface area contributed by atoms with Gasteiger partial charge in [0.1, 0.15) is 11.6 Å². The summed E-state index contributed by atoms with van der Waals surface area (Å²) in [6.07, 6.45) is 1.03. The third kappa shape index (κ3) is 3.92. The van der Waals surface area contributed by atoms with Gasteiger partial charge in [0.15, 0.2) is 6.61 Å². The van der Waals surface area contributed by atoms with Crippen molar-refractivity contribution >= 4 is 5.91 Å². The highest BCUT2D eigenvalue weighted by atomic mass is 19.1. The number of benzene rings is 1. The Morgan fingerprint density at radius 3 is 2.89 bits per heavy atom. The largest absolute Gasteiger partial charge is 0.484 e. The van der Waals surface area contributed by atoms with Crippen LogP contribution >= 0.6 is 0 Å². The summed E-state index contributed by atoms with van der Waals surface area (Å²) in [5, 5.41) is 3.13. The first-order chi connectivity index (χ1) is 9.19. The molecular formula is C14H19FN2O2. The molecule has 1 amide bonds. The minimum Gasteiger partial charge on any atom is -0.484 e. The van der Waals surface area contributed by atoms with Crippen molar-refractivity contribution in [2.75, 3.05) is 33.3 Å². The quantitative estimate of drug-likeness (QED) is 0.872. The van der Waals surface area contributed by atoms with Gasteiger partial charge in [-0.3, -0.25) is 4.79 Å². The van der Waals surface area contributed by atoms with Gasteiger partial charge in [0, 0.05) is 13.1 Å². The van der Waals surface area contributed by atoms with Crippen molar-refractivity contribution in [1.29, 1.82) is 0 Å². The van der Waals surface area contributed by atoms with E-state index in [1.54, 1.807) is 0 Å². The second kappa shape index (κ2) is 6.52. The number of amides is 1. The van der Waals surface area contributed by atoms with E-state index in [1.807, 2.05) is 11.9 Å². The predicted octanol–water partition coefficient (Wildman–Crippen LogP) is 1.27. The average Bonchev–Trinajstić information content (AvgIpc) is 2.87. The normalized spacial score (nSPS) is 18.6. The van der Waals surface area contributed by atoms with Crippen molar-refractivity contribution in [3.05, 3.63) is 30.1 Å². The molecule has 0 bridgehead atoms. The minimum atomic E-state index is -0.312. The SMILES string of the molecule is CNCC1CCN(C(=O)COc2ccc(F)cc2)C1.